The molecule has 7 nitrogen and oxygen atoms in total. The van der Waals surface area contributed by atoms with Crippen molar-refractivity contribution in [1.82, 2.24) is 4.90 Å². The third-order valence-electron chi connectivity index (χ3n) is 3.82. The van der Waals surface area contributed by atoms with Crippen LogP contribution in [0.4, 0.5) is 0 Å². The zero-order valence-corrected chi connectivity index (χ0v) is 13.8. The van der Waals surface area contributed by atoms with Crippen LogP contribution in [0.3, 0.4) is 0 Å². The number of morpholine rings is 1. The fourth-order valence-electron chi connectivity index (χ4n) is 2.58. The number of carbonyl (C=O) groups excluding carboxylic acids is 1. The zero-order valence-electron chi connectivity index (χ0n) is 13.8. The van der Waals surface area contributed by atoms with Crippen LogP contribution in [0.5, 0.6) is 11.5 Å². The van der Waals surface area contributed by atoms with Gasteiger partial charge >= 0.3 is 5.97 Å². The standard InChI is InChI=1S/C17H23NO6/c1-22-14-4-6-15(7-5-14)24-9-2-3-16(19)18-8-10-23-12-13(18)11-17(20)21/h4-7,13H,2-3,8-12H2,1H3,(H,20,21). The smallest absolute Gasteiger partial charge is 0.305 e. The van der Waals surface area contributed by atoms with E-state index in [2.05, 4.69) is 0 Å². The van der Waals surface area contributed by atoms with Gasteiger partial charge in [0.1, 0.15) is 11.5 Å². The van der Waals surface area contributed by atoms with E-state index in [1.807, 2.05) is 24.3 Å². The maximum absolute atomic E-state index is 12.3. The van der Waals surface area contributed by atoms with E-state index < -0.39 is 5.97 Å². The van der Waals surface area contributed by atoms with Gasteiger partial charge in [0.25, 0.3) is 0 Å². The summed E-state index contributed by atoms with van der Waals surface area (Å²) < 4.78 is 15.9. The van der Waals surface area contributed by atoms with E-state index in [0.29, 0.717) is 32.6 Å². The van der Waals surface area contributed by atoms with Crippen LogP contribution in [0.25, 0.3) is 0 Å². The van der Waals surface area contributed by atoms with Crippen LogP contribution in [-0.2, 0) is 14.3 Å². The van der Waals surface area contributed by atoms with E-state index in [4.69, 9.17) is 19.3 Å². The molecule has 24 heavy (non-hydrogen) atoms. The van der Waals surface area contributed by atoms with Crippen LogP contribution in [0, 0.1) is 0 Å². The number of benzene rings is 1. The van der Waals surface area contributed by atoms with Gasteiger partial charge in [-0.05, 0) is 30.7 Å². The van der Waals surface area contributed by atoms with E-state index in [0.717, 1.165) is 11.5 Å². The molecular weight excluding hydrogens is 314 g/mol. The largest absolute Gasteiger partial charge is 0.497 e. The number of hydrogen-bond acceptors (Lipinski definition) is 5. The Balaban J connectivity index is 1.73. The number of methoxy groups -OCH3 is 1. The van der Waals surface area contributed by atoms with Gasteiger partial charge in [0.05, 0.1) is 39.4 Å². The van der Waals surface area contributed by atoms with Gasteiger partial charge in [0.2, 0.25) is 5.91 Å². The fraction of sp³-hybridized carbons (Fsp3) is 0.529. The number of amides is 1. The maximum atomic E-state index is 12.3. The summed E-state index contributed by atoms with van der Waals surface area (Å²) in [6, 6.07) is 6.86. The minimum absolute atomic E-state index is 0.0529. The van der Waals surface area contributed by atoms with Gasteiger partial charge in [-0.1, -0.05) is 0 Å². The van der Waals surface area contributed by atoms with E-state index >= 15 is 0 Å². The SMILES string of the molecule is COc1ccc(OCCCC(=O)N2CCOCC2CC(=O)O)cc1. The quantitative estimate of drug-likeness (QED) is 0.725. The highest BCUT2D eigenvalue weighted by Gasteiger charge is 2.28. The summed E-state index contributed by atoms with van der Waals surface area (Å²) in [6.45, 7) is 1.59. The van der Waals surface area contributed by atoms with Gasteiger partial charge < -0.3 is 24.2 Å². The first kappa shape index (κ1) is 18.1. The highest BCUT2D eigenvalue weighted by atomic mass is 16.5. The van der Waals surface area contributed by atoms with Gasteiger partial charge in [-0.2, -0.15) is 0 Å². The number of aliphatic carboxylic acids is 1. The molecule has 1 aromatic carbocycles. The predicted octanol–water partition coefficient (Wildman–Crippen LogP) is 1.56. The number of rotatable bonds is 8. The summed E-state index contributed by atoms with van der Waals surface area (Å²) in [6.07, 6.45) is 0.808. The van der Waals surface area contributed by atoms with Gasteiger partial charge in [0.15, 0.2) is 0 Å². The van der Waals surface area contributed by atoms with Crippen molar-refractivity contribution in [2.75, 3.05) is 33.5 Å². The van der Waals surface area contributed by atoms with Crippen LogP contribution >= 0.6 is 0 Å². The zero-order chi connectivity index (χ0) is 17.4. The lowest BCUT2D eigenvalue weighted by Crippen LogP contribution is -2.49. The summed E-state index contributed by atoms with van der Waals surface area (Å²) in [4.78, 5) is 24.8. The summed E-state index contributed by atoms with van der Waals surface area (Å²) in [5.74, 6) is 0.502. The van der Waals surface area contributed by atoms with Crippen molar-refractivity contribution in [3.8, 4) is 11.5 Å². The molecule has 1 amide bonds. The normalized spacial score (nSPS) is 17.4. The molecule has 2 rings (SSSR count). The van der Waals surface area contributed by atoms with Crippen molar-refractivity contribution < 1.29 is 28.9 Å². The fourth-order valence-corrected chi connectivity index (χ4v) is 2.58. The second kappa shape index (κ2) is 9.12. The molecule has 1 aliphatic rings. The Morgan fingerprint density at radius 3 is 2.67 bits per heavy atom. The molecule has 132 valence electrons. The Morgan fingerprint density at radius 2 is 2.00 bits per heavy atom. The molecule has 0 spiro atoms. The van der Waals surface area contributed by atoms with Crippen molar-refractivity contribution in [2.45, 2.75) is 25.3 Å². The average Bonchev–Trinajstić information content (AvgIpc) is 2.59. The lowest BCUT2D eigenvalue weighted by Gasteiger charge is -2.34. The third-order valence-corrected chi connectivity index (χ3v) is 3.82. The predicted molar refractivity (Wildman–Crippen MR) is 86.3 cm³/mol. The molecule has 0 aromatic heterocycles. The molecule has 1 fully saturated rings. The van der Waals surface area contributed by atoms with Crippen molar-refractivity contribution in [2.24, 2.45) is 0 Å². The maximum Gasteiger partial charge on any atom is 0.305 e. The molecule has 1 aromatic rings. The van der Waals surface area contributed by atoms with Crippen molar-refractivity contribution in [3.63, 3.8) is 0 Å². The molecule has 1 atom stereocenters. The monoisotopic (exact) mass is 337 g/mol. The first-order chi connectivity index (χ1) is 11.6. The van der Waals surface area contributed by atoms with Crippen molar-refractivity contribution >= 4 is 11.9 Å². The molecule has 1 saturated heterocycles. The van der Waals surface area contributed by atoms with Gasteiger partial charge in [-0.15, -0.1) is 0 Å². The van der Waals surface area contributed by atoms with E-state index in [1.54, 1.807) is 12.0 Å². The number of carboxylic acid groups (broad SMARTS) is 1. The van der Waals surface area contributed by atoms with E-state index in [1.165, 1.54) is 0 Å². The lowest BCUT2D eigenvalue weighted by atomic mass is 10.1. The Morgan fingerprint density at radius 1 is 1.29 bits per heavy atom. The Kier molecular flexibility index (Phi) is 6.87. The van der Waals surface area contributed by atoms with E-state index in [-0.39, 0.29) is 25.0 Å². The van der Waals surface area contributed by atoms with Gasteiger partial charge in [-0.3, -0.25) is 9.59 Å². The summed E-state index contributed by atoms with van der Waals surface area (Å²) in [5, 5.41) is 8.92. The van der Waals surface area contributed by atoms with Crippen LogP contribution < -0.4 is 9.47 Å². The molecule has 0 radical (unpaired) electrons. The highest BCUT2D eigenvalue weighted by Crippen LogP contribution is 2.18. The Labute approximate surface area is 141 Å². The molecule has 1 unspecified atom stereocenters. The average molecular weight is 337 g/mol. The Bertz CT molecular complexity index is 545. The molecule has 1 aliphatic heterocycles. The topological polar surface area (TPSA) is 85.3 Å². The molecule has 1 heterocycles. The number of ether oxygens (including phenoxy) is 3. The van der Waals surface area contributed by atoms with Gasteiger partial charge in [0, 0.05) is 13.0 Å². The van der Waals surface area contributed by atoms with Crippen LogP contribution in [-0.4, -0.2) is 61.4 Å². The van der Waals surface area contributed by atoms with Crippen LogP contribution in [0.2, 0.25) is 0 Å². The number of carbonyl (C=O) groups is 2. The summed E-state index contributed by atoms with van der Waals surface area (Å²) >= 11 is 0. The van der Waals surface area contributed by atoms with Crippen LogP contribution in [0.15, 0.2) is 24.3 Å². The molecule has 1 N–H and O–H groups in total. The molecule has 0 aliphatic carbocycles. The van der Waals surface area contributed by atoms with Gasteiger partial charge in [-0.25, -0.2) is 0 Å². The first-order valence-electron chi connectivity index (χ1n) is 7.96. The van der Waals surface area contributed by atoms with Crippen molar-refractivity contribution in [1.29, 1.82) is 0 Å². The number of nitrogens with zero attached hydrogens (tertiary/aromatic N) is 1. The van der Waals surface area contributed by atoms with E-state index in [9.17, 15) is 9.59 Å². The Hall–Kier alpha value is -2.28. The molecule has 0 bridgehead atoms. The third kappa shape index (κ3) is 5.42. The second-order valence-corrected chi connectivity index (χ2v) is 5.54. The minimum atomic E-state index is -0.925. The lowest BCUT2D eigenvalue weighted by molar-refractivity contribution is -0.146. The second-order valence-electron chi connectivity index (χ2n) is 5.54. The molecule has 7 heteroatoms. The van der Waals surface area contributed by atoms with Crippen LogP contribution in [0.1, 0.15) is 19.3 Å². The van der Waals surface area contributed by atoms with Crippen molar-refractivity contribution in [3.05, 3.63) is 24.3 Å². The molecular formula is C17H23NO6. The first-order valence-corrected chi connectivity index (χ1v) is 7.96. The highest BCUT2D eigenvalue weighted by molar-refractivity contribution is 5.77. The molecule has 0 saturated carbocycles. The number of carboxylic acids is 1. The summed E-state index contributed by atoms with van der Waals surface area (Å²) in [5.41, 5.74) is 0. The number of hydrogen-bond donors (Lipinski definition) is 1. The minimum Gasteiger partial charge on any atom is -0.497 e. The summed E-state index contributed by atoms with van der Waals surface area (Å²) in [7, 11) is 1.60.